The first-order valence-electron chi connectivity index (χ1n) is 7.92. The van der Waals surface area contributed by atoms with Gasteiger partial charge in [0.15, 0.2) is 0 Å². The molecule has 1 aliphatic rings. The third-order valence-electron chi connectivity index (χ3n) is 3.48. The topological polar surface area (TPSA) is 9.23 Å². The molecule has 0 bridgehead atoms. The Morgan fingerprint density at radius 3 is 1.67 bits per heavy atom. The smallest absolute Gasteiger partial charge is 0.0873 e. The first kappa shape index (κ1) is 15.3. The van der Waals surface area contributed by atoms with Crippen LogP contribution >= 0.6 is 0 Å². The minimum atomic E-state index is 0.895. The van der Waals surface area contributed by atoms with E-state index in [0.29, 0.717) is 0 Å². The van der Waals surface area contributed by atoms with Crippen LogP contribution in [0.2, 0.25) is 0 Å². The highest BCUT2D eigenvalue weighted by molar-refractivity contribution is 4.81. The van der Waals surface area contributed by atoms with Gasteiger partial charge in [0.1, 0.15) is 0 Å². The quantitative estimate of drug-likeness (QED) is 0.496. The average Bonchev–Trinajstić information content (AvgIpc) is 2.39. The molecular formula is C17H30O. The Kier molecular flexibility index (Phi) is 10.8. The van der Waals surface area contributed by atoms with E-state index in [2.05, 4.69) is 18.2 Å². The molecule has 0 saturated carbocycles. The van der Waals surface area contributed by atoms with Gasteiger partial charge >= 0.3 is 0 Å². The number of hydrogen-bond acceptors (Lipinski definition) is 1. The molecule has 18 heavy (non-hydrogen) atoms. The highest BCUT2D eigenvalue weighted by Gasteiger charge is 1.91. The molecule has 0 radical (unpaired) electrons. The zero-order valence-electron chi connectivity index (χ0n) is 11.9. The summed E-state index contributed by atoms with van der Waals surface area (Å²) in [7, 11) is 0. The van der Waals surface area contributed by atoms with Gasteiger partial charge < -0.3 is 4.74 Å². The second kappa shape index (κ2) is 12.7. The largest absolute Gasteiger partial charge is 0.502 e. The van der Waals surface area contributed by atoms with Crippen molar-refractivity contribution in [3.8, 4) is 0 Å². The molecule has 0 saturated heterocycles. The number of ether oxygens (including phenoxy) is 1. The van der Waals surface area contributed by atoms with Crippen LogP contribution in [0.4, 0.5) is 0 Å². The van der Waals surface area contributed by atoms with Crippen LogP contribution in [0.25, 0.3) is 0 Å². The Bertz CT molecular complexity index is 174. The Morgan fingerprint density at radius 2 is 1.00 bits per heavy atom. The van der Waals surface area contributed by atoms with Crippen LogP contribution in [-0.4, -0.2) is 6.61 Å². The Labute approximate surface area is 113 Å². The lowest BCUT2D eigenvalue weighted by Crippen LogP contribution is -1.88. The minimum Gasteiger partial charge on any atom is -0.502 e. The molecule has 0 unspecified atom stereocenters. The van der Waals surface area contributed by atoms with Gasteiger partial charge in [0, 0.05) is 0 Å². The number of hydrogen-bond donors (Lipinski definition) is 0. The monoisotopic (exact) mass is 250 g/mol. The molecule has 0 aromatic heterocycles. The molecule has 1 heterocycles. The number of allylic oxidation sites excluding steroid dienone is 3. The predicted octanol–water partition coefficient (Wildman–Crippen LogP) is 5.77. The molecule has 0 fully saturated rings. The fraction of sp³-hybridized carbons (Fsp3) is 0.765. The van der Waals surface area contributed by atoms with Crippen molar-refractivity contribution in [1.82, 2.24) is 0 Å². The van der Waals surface area contributed by atoms with Crippen LogP contribution in [0.15, 0.2) is 24.5 Å². The van der Waals surface area contributed by atoms with Crippen molar-refractivity contribution >= 4 is 0 Å². The van der Waals surface area contributed by atoms with Gasteiger partial charge in [-0.2, -0.15) is 0 Å². The van der Waals surface area contributed by atoms with Crippen LogP contribution in [0.5, 0.6) is 0 Å². The third-order valence-corrected chi connectivity index (χ3v) is 3.48. The zero-order valence-corrected chi connectivity index (χ0v) is 11.9. The van der Waals surface area contributed by atoms with E-state index in [4.69, 9.17) is 4.74 Å². The average molecular weight is 250 g/mol. The van der Waals surface area contributed by atoms with Gasteiger partial charge in [0.25, 0.3) is 0 Å². The van der Waals surface area contributed by atoms with Crippen LogP contribution in [-0.2, 0) is 4.74 Å². The maximum atomic E-state index is 5.48. The summed E-state index contributed by atoms with van der Waals surface area (Å²) in [6.07, 6.45) is 24.6. The van der Waals surface area contributed by atoms with Gasteiger partial charge in [-0.25, -0.2) is 0 Å². The van der Waals surface area contributed by atoms with Gasteiger partial charge in [0.05, 0.1) is 12.9 Å². The van der Waals surface area contributed by atoms with E-state index in [1.54, 1.807) is 0 Å². The fourth-order valence-corrected chi connectivity index (χ4v) is 2.30. The second-order valence-electron chi connectivity index (χ2n) is 5.26. The number of rotatable bonds is 0. The Balaban J connectivity index is 2.12. The van der Waals surface area contributed by atoms with Gasteiger partial charge in [-0.3, -0.25) is 0 Å². The van der Waals surface area contributed by atoms with Crippen molar-refractivity contribution in [2.24, 2.45) is 0 Å². The predicted molar refractivity (Wildman–Crippen MR) is 79.6 cm³/mol. The van der Waals surface area contributed by atoms with Crippen molar-refractivity contribution in [1.29, 1.82) is 0 Å². The van der Waals surface area contributed by atoms with Crippen molar-refractivity contribution in [2.45, 2.75) is 77.0 Å². The lowest BCUT2D eigenvalue weighted by atomic mass is 10.1. The summed E-state index contributed by atoms with van der Waals surface area (Å²) in [5.41, 5.74) is 0. The summed E-state index contributed by atoms with van der Waals surface area (Å²) in [6.45, 7) is 0.895. The fourth-order valence-electron chi connectivity index (χ4n) is 2.30. The lowest BCUT2D eigenvalue weighted by Gasteiger charge is -2.02. The Morgan fingerprint density at radius 1 is 0.500 bits per heavy atom. The van der Waals surface area contributed by atoms with E-state index in [9.17, 15) is 0 Å². The first-order valence-corrected chi connectivity index (χ1v) is 7.92. The second-order valence-corrected chi connectivity index (χ2v) is 5.26. The van der Waals surface area contributed by atoms with Gasteiger partial charge in [-0.15, -0.1) is 0 Å². The van der Waals surface area contributed by atoms with Crippen molar-refractivity contribution < 1.29 is 4.74 Å². The first-order chi connectivity index (χ1) is 9.00. The maximum absolute atomic E-state index is 5.48. The summed E-state index contributed by atoms with van der Waals surface area (Å²) in [5, 5.41) is 0. The molecule has 1 rings (SSSR count). The summed E-state index contributed by atoms with van der Waals surface area (Å²) >= 11 is 0. The van der Waals surface area contributed by atoms with Crippen LogP contribution in [0, 0.1) is 0 Å². The van der Waals surface area contributed by atoms with Gasteiger partial charge in [-0.1, -0.05) is 44.3 Å². The summed E-state index contributed by atoms with van der Waals surface area (Å²) in [4.78, 5) is 0. The van der Waals surface area contributed by atoms with E-state index >= 15 is 0 Å². The van der Waals surface area contributed by atoms with Gasteiger partial charge in [-0.05, 0) is 51.0 Å². The molecule has 0 aromatic carbocycles. The highest BCUT2D eigenvalue weighted by Crippen LogP contribution is 2.09. The lowest BCUT2D eigenvalue weighted by molar-refractivity contribution is 0.239. The van der Waals surface area contributed by atoms with Crippen LogP contribution in [0.3, 0.4) is 0 Å². The minimum absolute atomic E-state index is 0.895. The van der Waals surface area contributed by atoms with E-state index in [-0.39, 0.29) is 0 Å². The summed E-state index contributed by atoms with van der Waals surface area (Å²) in [6, 6.07) is 0. The zero-order chi connectivity index (χ0) is 12.7. The molecule has 0 spiro atoms. The van der Waals surface area contributed by atoms with Crippen molar-refractivity contribution in [3.63, 3.8) is 0 Å². The van der Waals surface area contributed by atoms with E-state index in [1.165, 1.54) is 77.0 Å². The van der Waals surface area contributed by atoms with E-state index < -0.39 is 0 Å². The molecule has 0 N–H and O–H groups in total. The van der Waals surface area contributed by atoms with Crippen LogP contribution < -0.4 is 0 Å². The van der Waals surface area contributed by atoms with Crippen LogP contribution in [0.1, 0.15) is 77.0 Å². The Hall–Kier alpha value is -0.720. The molecular weight excluding hydrogens is 220 g/mol. The molecule has 0 atom stereocenters. The maximum Gasteiger partial charge on any atom is 0.0873 e. The molecule has 104 valence electrons. The highest BCUT2D eigenvalue weighted by atomic mass is 16.5. The van der Waals surface area contributed by atoms with Crippen molar-refractivity contribution in [3.05, 3.63) is 24.5 Å². The normalized spacial score (nSPS) is 21.8. The molecule has 1 aliphatic heterocycles. The summed E-state index contributed by atoms with van der Waals surface area (Å²) in [5.74, 6) is 0. The molecule has 0 amide bonds. The van der Waals surface area contributed by atoms with E-state index in [0.717, 1.165) is 6.61 Å². The van der Waals surface area contributed by atoms with Crippen molar-refractivity contribution in [2.75, 3.05) is 6.61 Å². The molecule has 0 aliphatic carbocycles. The standard InChI is InChI=1S/C17H30O/c1-2-4-6-8-10-12-14-16-18-17-15-13-11-9-7-5-3-1/h2,4,15,17H,1,3,5-14,16H2. The molecule has 1 nitrogen and oxygen atoms in total. The summed E-state index contributed by atoms with van der Waals surface area (Å²) < 4.78 is 5.48. The molecule has 0 aromatic rings. The molecule has 1 heteroatoms. The van der Waals surface area contributed by atoms with Gasteiger partial charge in [0.2, 0.25) is 0 Å². The SMILES string of the molecule is C1=CCCCCCCOC=CCCCCCCC1. The van der Waals surface area contributed by atoms with E-state index in [1.807, 2.05) is 6.26 Å². The third kappa shape index (κ3) is 10.4.